The third kappa shape index (κ3) is 2.44. The van der Waals surface area contributed by atoms with Crippen molar-refractivity contribution in [2.75, 3.05) is 0 Å². The van der Waals surface area contributed by atoms with Gasteiger partial charge in [0.25, 0.3) is 0 Å². The lowest BCUT2D eigenvalue weighted by molar-refractivity contribution is -0.417. The van der Waals surface area contributed by atoms with E-state index in [1.807, 2.05) is 35.1 Å². The molecule has 0 spiro atoms. The first-order valence-corrected chi connectivity index (χ1v) is 5.17. The number of hydrogen-bond donors (Lipinski definition) is 1. The van der Waals surface area contributed by atoms with Crippen molar-refractivity contribution >= 4 is 0 Å². The zero-order valence-electron chi connectivity index (χ0n) is 8.93. The minimum absolute atomic E-state index is 0.383. The number of hydrogen-bond acceptors (Lipinski definition) is 1. The number of benzene rings is 1. The van der Waals surface area contributed by atoms with Gasteiger partial charge in [0.1, 0.15) is 6.04 Å². The van der Waals surface area contributed by atoms with Crippen LogP contribution in [0.15, 0.2) is 42.6 Å². The minimum Gasteiger partial charge on any atom is -0.354 e. The molecule has 0 radical (unpaired) electrons. The van der Waals surface area contributed by atoms with Gasteiger partial charge in [-0.15, -0.1) is 0 Å². The molecule has 2 aromatic rings. The van der Waals surface area contributed by atoms with Crippen LogP contribution in [0.2, 0.25) is 0 Å². The second-order valence-corrected chi connectivity index (χ2v) is 3.89. The molecule has 0 bridgehead atoms. The minimum atomic E-state index is 0.383. The van der Waals surface area contributed by atoms with E-state index in [0.717, 1.165) is 17.8 Å². The van der Waals surface area contributed by atoms with Gasteiger partial charge in [-0.2, -0.15) is 5.10 Å². The topological polar surface area (TPSA) is 45.5 Å². The lowest BCUT2D eigenvalue weighted by Gasteiger charge is -2.01. The van der Waals surface area contributed by atoms with Crippen molar-refractivity contribution in [3.8, 4) is 11.3 Å². The van der Waals surface area contributed by atoms with E-state index < -0.39 is 0 Å². The molecule has 1 heterocycles. The Morgan fingerprint density at radius 2 is 2.00 bits per heavy atom. The van der Waals surface area contributed by atoms with Crippen molar-refractivity contribution in [1.29, 1.82) is 0 Å². The summed E-state index contributed by atoms with van der Waals surface area (Å²) in [5.74, 6) is 0. The molecule has 3 heteroatoms. The highest BCUT2D eigenvalue weighted by Crippen LogP contribution is 2.15. The molecule has 0 aliphatic carbocycles. The molecule has 0 amide bonds. The molecule has 0 fully saturated rings. The molecule has 1 aromatic carbocycles. The highest BCUT2D eigenvalue weighted by atomic mass is 15.3. The molecule has 3 nitrogen and oxygen atoms in total. The fourth-order valence-corrected chi connectivity index (χ4v) is 1.55. The predicted octanol–water partition coefficient (Wildman–Crippen LogP) is 1.18. The molecule has 0 aliphatic heterocycles. The third-order valence-electron chi connectivity index (χ3n) is 2.21. The van der Waals surface area contributed by atoms with Crippen LogP contribution in [0.4, 0.5) is 0 Å². The van der Waals surface area contributed by atoms with E-state index in [4.69, 9.17) is 0 Å². The Kier molecular flexibility index (Phi) is 2.83. The number of nitrogens with zero attached hydrogens (tertiary/aromatic N) is 2. The van der Waals surface area contributed by atoms with Crippen molar-refractivity contribution in [2.45, 2.75) is 19.5 Å². The normalized spacial score (nSPS) is 12.7. The van der Waals surface area contributed by atoms with Crippen molar-refractivity contribution < 1.29 is 5.73 Å². The van der Waals surface area contributed by atoms with E-state index >= 15 is 0 Å². The highest BCUT2D eigenvalue weighted by molar-refractivity contribution is 5.57. The van der Waals surface area contributed by atoms with Crippen molar-refractivity contribution in [2.24, 2.45) is 0 Å². The van der Waals surface area contributed by atoms with E-state index in [9.17, 15) is 0 Å². The van der Waals surface area contributed by atoms with Crippen molar-refractivity contribution in [1.82, 2.24) is 9.78 Å². The van der Waals surface area contributed by atoms with Gasteiger partial charge in [0.05, 0.1) is 12.2 Å². The Labute approximate surface area is 89.5 Å². The molecule has 78 valence electrons. The number of rotatable bonds is 3. The molecule has 0 aliphatic rings. The first-order chi connectivity index (χ1) is 7.25. The summed E-state index contributed by atoms with van der Waals surface area (Å²) in [4.78, 5) is 0. The summed E-state index contributed by atoms with van der Waals surface area (Å²) in [6.07, 6.45) is 2.00. The fraction of sp³-hybridized carbons (Fsp3) is 0.250. The highest BCUT2D eigenvalue weighted by Gasteiger charge is 2.03. The Hall–Kier alpha value is -1.61. The first-order valence-electron chi connectivity index (χ1n) is 5.17. The van der Waals surface area contributed by atoms with Gasteiger partial charge < -0.3 is 5.73 Å². The summed E-state index contributed by atoms with van der Waals surface area (Å²) >= 11 is 0. The summed E-state index contributed by atoms with van der Waals surface area (Å²) in [6.45, 7) is 2.96. The van der Waals surface area contributed by atoms with E-state index in [0.29, 0.717) is 6.04 Å². The molecule has 0 saturated heterocycles. The van der Waals surface area contributed by atoms with Crippen LogP contribution in [0.1, 0.15) is 6.92 Å². The zero-order valence-corrected chi connectivity index (χ0v) is 8.93. The van der Waals surface area contributed by atoms with Crippen LogP contribution in [-0.2, 0) is 6.54 Å². The predicted molar refractivity (Wildman–Crippen MR) is 60.0 cm³/mol. The molecule has 1 atom stereocenters. The number of quaternary nitrogens is 1. The van der Waals surface area contributed by atoms with Gasteiger partial charge in [-0.05, 0) is 13.0 Å². The van der Waals surface area contributed by atoms with Gasteiger partial charge in [0.15, 0.2) is 0 Å². The quantitative estimate of drug-likeness (QED) is 0.798. The van der Waals surface area contributed by atoms with Gasteiger partial charge in [0, 0.05) is 11.8 Å². The maximum Gasteiger partial charge on any atom is 0.101 e. The summed E-state index contributed by atoms with van der Waals surface area (Å²) in [5.41, 5.74) is 6.14. The van der Waals surface area contributed by atoms with Gasteiger partial charge in [-0.3, -0.25) is 4.68 Å². The molecule has 0 unspecified atom stereocenters. The molecule has 15 heavy (non-hydrogen) atoms. The molecule has 1 aromatic heterocycles. The molecular formula is C12H16N3+. The lowest BCUT2D eigenvalue weighted by atomic mass is 10.2. The average molecular weight is 202 g/mol. The second-order valence-electron chi connectivity index (χ2n) is 3.89. The van der Waals surface area contributed by atoms with E-state index in [2.05, 4.69) is 29.9 Å². The summed E-state index contributed by atoms with van der Waals surface area (Å²) in [5, 5.41) is 4.50. The maximum absolute atomic E-state index is 4.50. The lowest BCUT2D eigenvalue weighted by Crippen LogP contribution is -2.60. The second kappa shape index (κ2) is 4.28. The maximum atomic E-state index is 4.50. The van der Waals surface area contributed by atoms with E-state index in [-0.39, 0.29) is 0 Å². The Morgan fingerprint density at radius 1 is 1.27 bits per heavy atom. The standard InChI is InChI=1S/C12H15N3/c1-10(13)9-15-8-7-12(14-15)11-5-3-2-4-6-11/h2-8,10H,9,13H2,1H3/p+1/t10-/m0/s1. The van der Waals surface area contributed by atoms with Crippen LogP contribution in [0.5, 0.6) is 0 Å². The van der Waals surface area contributed by atoms with Crippen LogP contribution < -0.4 is 5.73 Å². The van der Waals surface area contributed by atoms with Gasteiger partial charge in [-0.25, -0.2) is 0 Å². The first kappa shape index (κ1) is 9.93. The van der Waals surface area contributed by atoms with E-state index in [1.54, 1.807) is 0 Å². The molecule has 0 saturated carbocycles. The Morgan fingerprint density at radius 3 is 2.67 bits per heavy atom. The fourth-order valence-electron chi connectivity index (χ4n) is 1.55. The van der Waals surface area contributed by atoms with Gasteiger partial charge >= 0.3 is 0 Å². The summed E-state index contributed by atoms with van der Waals surface area (Å²) in [7, 11) is 0. The van der Waals surface area contributed by atoms with Gasteiger partial charge in [-0.1, -0.05) is 30.3 Å². The summed E-state index contributed by atoms with van der Waals surface area (Å²) < 4.78 is 1.94. The molecule has 3 N–H and O–H groups in total. The van der Waals surface area contributed by atoms with Crippen molar-refractivity contribution in [3.05, 3.63) is 42.6 Å². The third-order valence-corrected chi connectivity index (χ3v) is 2.21. The Balaban J connectivity index is 2.21. The average Bonchev–Trinajstić information content (AvgIpc) is 2.67. The van der Waals surface area contributed by atoms with Crippen molar-refractivity contribution in [3.63, 3.8) is 0 Å². The largest absolute Gasteiger partial charge is 0.354 e. The zero-order chi connectivity index (χ0) is 10.7. The van der Waals surface area contributed by atoms with Crippen LogP contribution in [0.3, 0.4) is 0 Å². The smallest absolute Gasteiger partial charge is 0.101 e. The van der Waals surface area contributed by atoms with Crippen LogP contribution in [-0.4, -0.2) is 15.8 Å². The SMILES string of the molecule is C[C@H]([NH3+])Cn1ccc(-c2ccccc2)n1. The summed E-state index contributed by atoms with van der Waals surface area (Å²) in [6, 6.07) is 12.6. The monoisotopic (exact) mass is 202 g/mol. The van der Waals surface area contributed by atoms with Crippen LogP contribution >= 0.6 is 0 Å². The van der Waals surface area contributed by atoms with Gasteiger partial charge in [0.2, 0.25) is 0 Å². The number of aromatic nitrogens is 2. The van der Waals surface area contributed by atoms with Crippen LogP contribution in [0, 0.1) is 0 Å². The molecular weight excluding hydrogens is 186 g/mol. The Bertz CT molecular complexity index is 417. The van der Waals surface area contributed by atoms with E-state index in [1.165, 1.54) is 0 Å². The molecule has 2 rings (SSSR count). The van der Waals surface area contributed by atoms with Crippen LogP contribution in [0.25, 0.3) is 11.3 Å².